The van der Waals surface area contributed by atoms with Crippen molar-refractivity contribution in [3.8, 4) is 17.1 Å². The summed E-state index contributed by atoms with van der Waals surface area (Å²) in [5.41, 5.74) is 2.15. The van der Waals surface area contributed by atoms with Gasteiger partial charge in [0.2, 0.25) is 5.91 Å². The molecule has 8 nitrogen and oxygen atoms in total. The molecule has 1 amide bonds. The smallest absolute Gasteiger partial charge is 0.228 e. The number of amides is 1. The van der Waals surface area contributed by atoms with Crippen LogP contribution in [0.5, 0.6) is 5.75 Å². The number of aryl methyl sites for hydroxylation is 2. The number of aromatic nitrogens is 5. The highest BCUT2D eigenvalue weighted by molar-refractivity contribution is 5.95. The molecule has 33 heavy (non-hydrogen) atoms. The van der Waals surface area contributed by atoms with Gasteiger partial charge >= 0.3 is 0 Å². The maximum atomic E-state index is 13.3. The summed E-state index contributed by atoms with van der Waals surface area (Å²) in [7, 11) is 0. The number of hydrogen-bond acceptors (Lipinski definition) is 6. The third-order valence-electron chi connectivity index (χ3n) is 6.52. The van der Waals surface area contributed by atoms with Gasteiger partial charge in [0, 0.05) is 22.6 Å². The number of nitrogens with one attached hydrogen (secondary N) is 2. The van der Waals surface area contributed by atoms with Crippen LogP contribution in [0.4, 0.5) is 5.69 Å². The quantitative estimate of drug-likeness (QED) is 0.572. The summed E-state index contributed by atoms with van der Waals surface area (Å²) in [6, 6.07) is 7.60. The first-order chi connectivity index (χ1) is 16.0. The lowest BCUT2D eigenvalue weighted by atomic mass is 9.82. The molecule has 0 aliphatic heterocycles. The molecule has 5 rings (SSSR count). The third-order valence-corrected chi connectivity index (χ3v) is 6.52. The molecule has 2 heterocycles. The number of H-pyrrole nitrogens is 1. The van der Waals surface area contributed by atoms with Gasteiger partial charge in [-0.15, -0.1) is 0 Å². The summed E-state index contributed by atoms with van der Waals surface area (Å²) < 4.78 is 6.19. The number of carbonyl (C=O) groups excluding carboxylic acids is 1. The van der Waals surface area contributed by atoms with Crippen molar-refractivity contribution in [1.82, 2.24) is 25.1 Å². The lowest BCUT2D eigenvalue weighted by Crippen LogP contribution is -2.29. The molecule has 3 aromatic rings. The highest BCUT2D eigenvalue weighted by Gasteiger charge is 2.62. The largest absolute Gasteiger partial charge is 0.489 e. The van der Waals surface area contributed by atoms with Crippen LogP contribution in [-0.4, -0.2) is 37.7 Å². The lowest BCUT2D eigenvalue weighted by molar-refractivity contribution is -0.118. The average Bonchev–Trinajstić information content (AvgIpc) is 3.31. The van der Waals surface area contributed by atoms with Gasteiger partial charge in [0.05, 0.1) is 18.5 Å². The summed E-state index contributed by atoms with van der Waals surface area (Å²) >= 11 is 0. The molecule has 8 heteroatoms. The van der Waals surface area contributed by atoms with Crippen molar-refractivity contribution in [3.63, 3.8) is 0 Å². The van der Waals surface area contributed by atoms with Crippen LogP contribution in [0.25, 0.3) is 11.4 Å². The van der Waals surface area contributed by atoms with E-state index < -0.39 is 0 Å². The van der Waals surface area contributed by atoms with E-state index in [4.69, 9.17) is 4.74 Å². The zero-order chi connectivity index (χ0) is 22.8. The molecule has 2 N–H and O–H groups in total. The Bertz CT molecular complexity index is 1220. The molecule has 2 aromatic heterocycles. The number of anilines is 1. The molecule has 0 bridgehead atoms. The van der Waals surface area contributed by atoms with Crippen molar-refractivity contribution < 1.29 is 9.53 Å². The summed E-state index contributed by atoms with van der Waals surface area (Å²) in [6.07, 6.45) is 13.3. The van der Waals surface area contributed by atoms with Crippen LogP contribution in [0.15, 0.2) is 61.1 Å². The fourth-order valence-electron chi connectivity index (χ4n) is 4.60. The lowest BCUT2D eigenvalue weighted by Gasteiger charge is -2.26. The van der Waals surface area contributed by atoms with Gasteiger partial charge < -0.3 is 10.1 Å². The Morgan fingerprint density at radius 2 is 2.18 bits per heavy atom. The van der Waals surface area contributed by atoms with E-state index in [1.165, 1.54) is 6.33 Å². The molecule has 2 aliphatic rings. The summed E-state index contributed by atoms with van der Waals surface area (Å²) in [4.78, 5) is 26.1. The molecule has 2 aliphatic carbocycles. The predicted octanol–water partition coefficient (Wildman–Crippen LogP) is 4.03. The minimum Gasteiger partial charge on any atom is -0.489 e. The normalized spacial score (nSPS) is 23.3. The average molecular weight is 443 g/mol. The standard InChI is InChI=1S/C25H26N6O2/c1-16-22(13-26-17(2)29-16)33-14-25(19-8-4-3-5-9-19)12-21(25)24(32)30-20-10-6-7-18(11-20)23-27-15-28-31-23/h3-8,10-11,13,15,19,21H,9,12,14H2,1-2H3,(H,30,32)(H,27,28,31)/t19?,21-,25+/m0/s1. The van der Waals surface area contributed by atoms with Crippen LogP contribution in [0, 0.1) is 31.1 Å². The molecule has 1 aromatic carbocycles. The number of aromatic amines is 1. The number of hydrogen-bond donors (Lipinski definition) is 2. The Kier molecular flexibility index (Phi) is 5.50. The number of benzene rings is 1. The van der Waals surface area contributed by atoms with Crippen molar-refractivity contribution >= 4 is 11.6 Å². The van der Waals surface area contributed by atoms with Crippen molar-refractivity contribution in [2.75, 3.05) is 11.9 Å². The van der Waals surface area contributed by atoms with Crippen molar-refractivity contribution in [2.24, 2.45) is 17.3 Å². The van der Waals surface area contributed by atoms with Gasteiger partial charge in [0.25, 0.3) is 0 Å². The third kappa shape index (κ3) is 4.28. The molecule has 1 fully saturated rings. The van der Waals surface area contributed by atoms with Gasteiger partial charge in [-0.05, 0) is 44.7 Å². The molecule has 1 unspecified atom stereocenters. The molecule has 0 spiro atoms. The van der Waals surface area contributed by atoms with Crippen molar-refractivity contribution in [3.05, 3.63) is 72.6 Å². The molecular formula is C25H26N6O2. The fraction of sp³-hybridized carbons (Fsp3) is 0.320. The van der Waals surface area contributed by atoms with E-state index in [9.17, 15) is 4.79 Å². The maximum absolute atomic E-state index is 13.3. The Morgan fingerprint density at radius 1 is 1.27 bits per heavy atom. The van der Waals surface area contributed by atoms with Crippen LogP contribution >= 0.6 is 0 Å². The number of nitrogens with zero attached hydrogens (tertiary/aromatic N) is 4. The van der Waals surface area contributed by atoms with E-state index in [2.05, 4.69) is 54.8 Å². The summed E-state index contributed by atoms with van der Waals surface area (Å²) in [5.74, 6) is 2.15. The molecule has 3 atom stereocenters. The van der Waals surface area contributed by atoms with Crippen LogP contribution in [0.2, 0.25) is 0 Å². The van der Waals surface area contributed by atoms with Gasteiger partial charge in [-0.1, -0.05) is 36.4 Å². The maximum Gasteiger partial charge on any atom is 0.228 e. The number of carbonyl (C=O) groups is 1. The van der Waals surface area contributed by atoms with Crippen molar-refractivity contribution in [1.29, 1.82) is 0 Å². The minimum atomic E-state index is -0.259. The topological polar surface area (TPSA) is 106 Å². The van der Waals surface area contributed by atoms with E-state index in [1.807, 2.05) is 38.1 Å². The van der Waals surface area contributed by atoms with E-state index in [-0.39, 0.29) is 23.2 Å². The first kappa shape index (κ1) is 21.1. The molecule has 0 radical (unpaired) electrons. The monoisotopic (exact) mass is 442 g/mol. The summed E-state index contributed by atoms with van der Waals surface area (Å²) in [5, 5.41) is 9.84. The Morgan fingerprint density at radius 3 is 2.94 bits per heavy atom. The van der Waals surface area contributed by atoms with Gasteiger partial charge in [0.15, 0.2) is 11.6 Å². The first-order valence-electron chi connectivity index (χ1n) is 11.1. The van der Waals surface area contributed by atoms with E-state index >= 15 is 0 Å². The van der Waals surface area contributed by atoms with Crippen LogP contribution in [0.1, 0.15) is 24.4 Å². The fourth-order valence-corrected chi connectivity index (χ4v) is 4.60. The Balaban J connectivity index is 1.32. The summed E-state index contributed by atoms with van der Waals surface area (Å²) in [6.45, 7) is 4.22. The SMILES string of the molecule is Cc1ncc(OC[C@@]2(C3C=CC=CC3)C[C@H]2C(=O)Nc2cccc(-c3ncn[nH]3)c2)c(C)n1. The molecular weight excluding hydrogens is 416 g/mol. The van der Waals surface area contributed by atoms with Gasteiger partial charge in [-0.2, -0.15) is 5.10 Å². The van der Waals surface area contributed by atoms with Crippen molar-refractivity contribution in [2.45, 2.75) is 26.7 Å². The van der Waals surface area contributed by atoms with Crippen LogP contribution in [0.3, 0.4) is 0 Å². The minimum absolute atomic E-state index is 0.00755. The Labute approximate surface area is 192 Å². The number of ether oxygens (including phenoxy) is 1. The van der Waals surface area contributed by atoms with E-state index in [0.29, 0.717) is 24.0 Å². The second-order valence-electron chi connectivity index (χ2n) is 8.70. The number of rotatable bonds is 7. The molecule has 0 saturated heterocycles. The highest BCUT2D eigenvalue weighted by atomic mass is 16.5. The van der Waals surface area contributed by atoms with E-state index in [1.54, 1.807) is 6.20 Å². The van der Waals surface area contributed by atoms with E-state index in [0.717, 1.165) is 29.8 Å². The molecule has 1 saturated carbocycles. The van der Waals surface area contributed by atoms with Gasteiger partial charge in [-0.3, -0.25) is 9.89 Å². The van der Waals surface area contributed by atoms with Crippen LogP contribution in [-0.2, 0) is 4.79 Å². The van der Waals surface area contributed by atoms with Gasteiger partial charge in [-0.25, -0.2) is 15.0 Å². The first-order valence-corrected chi connectivity index (χ1v) is 11.1. The number of allylic oxidation sites excluding steroid dienone is 4. The second kappa shape index (κ2) is 8.61. The second-order valence-corrected chi connectivity index (χ2v) is 8.70. The van der Waals surface area contributed by atoms with Gasteiger partial charge in [0.1, 0.15) is 12.2 Å². The van der Waals surface area contributed by atoms with Crippen LogP contribution < -0.4 is 10.1 Å². The zero-order valence-electron chi connectivity index (χ0n) is 18.7. The predicted molar refractivity (Wildman–Crippen MR) is 124 cm³/mol. The highest BCUT2D eigenvalue weighted by Crippen LogP contribution is 2.60. The molecule has 168 valence electrons. The Hall–Kier alpha value is -3.81. The zero-order valence-corrected chi connectivity index (χ0v) is 18.7.